The second-order valence-electron chi connectivity index (χ2n) is 7.50. The molecule has 1 N–H and O–H groups in total. The van der Waals surface area contributed by atoms with E-state index in [1.54, 1.807) is 25.5 Å². The van der Waals surface area contributed by atoms with Crippen LogP contribution in [-0.2, 0) is 20.1 Å². The Labute approximate surface area is 205 Å². The molecule has 2 heterocycles. The van der Waals surface area contributed by atoms with Crippen molar-refractivity contribution in [3.63, 3.8) is 0 Å². The van der Waals surface area contributed by atoms with Crippen LogP contribution in [0.25, 0.3) is 10.6 Å². The quantitative estimate of drug-likeness (QED) is 0.265. The van der Waals surface area contributed by atoms with E-state index in [2.05, 4.69) is 45.7 Å². The first-order valence-electron chi connectivity index (χ1n) is 9.94. The van der Waals surface area contributed by atoms with Gasteiger partial charge in [-0.15, -0.1) is 35.3 Å². The number of nitrogens with zero attached hydrogens (tertiary/aromatic N) is 5. The molecule has 0 bridgehead atoms. The topological polar surface area (TPSA) is 67.6 Å². The molecule has 0 aliphatic carbocycles. The number of aryl methyl sites for hydroxylation is 1. The highest BCUT2D eigenvalue weighted by Crippen LogP contribution is 2.25. The molecule has 31 heavy (non-hydrogen) atoms. The minimum absolute atomic E-state index is 0. The normalized spacial score (nSPS) is 11.4. The first-order valence-corrected chi connectivity index (χ1v) is 10.8. The Balaban J connectivity index is 0.00000341. The van der Waals surface area contributed by atoms with Gasteiger partial charge in [0.15, 0.2) is 5.96 Å². The summed E-state index contributed by atoms with van der Waals surface area (Å²) in [6.07, 6.45) is 2.08. The molecule has 0 saturated heterocycles. The summed E-state index contributed by atoms with van der Waals surface area (Å²) in [5.41, 5.74) is 4.42. The summed E-state index contributed by atoms with van der Waals surface area (Å²) in [6.45, 7) is 5.70. The first-order chi connectivity index (χ1) is 14.4. The zero-order valence-corrected chi connectivity index (χ0v) is 22.1. The number of thiazole rings is 1. The zero-order valence-electron chi connectivity index (χ0n) is 18.9. The number of hydrogen-bond donors (Lipinski definition) is 1. The predicted octanol–water partition coefficient (Wildman–Crippen LogP) is 4.50. The molecular formula is C22H31IN6OS. The minimum atomic E-state index is 0. The van der Waals surface area contributed by atoms with E-state index < -0.39 is 0 Å². The lowest BCUT2D eigenvalue weighted by molar-refractivity contribution is 0.415. The molecule has 168 valence electrons. The predicted molar refractivity (Wildman–Crippen MR) is 138 cm³/mol. The Bertz CT molecular complexity index is 996. The van der Waals surface area contributed by atoms with Crippen LogP contribution in [0, 0.1) is 0 Å². The van der Waals surface area contributed by atoms with Crippen molar-refractivity contribution in [2.75, 3.05) is 21.2 Å². The molecule has 7 nitrogen and oxygen atoms in total. The van der Waals surface area contributed by atoms with E-state index in [1.165, 1.54) is 5.56 Å². The van der Waals surface area contributed by atoms with Gasteiger partial charge in [-0.25, -0.2) is 4.98 Å². The van der Waals surface area contributed by atoms with Crippen LogP contribution in [0.5, 0.6) is 5.75 Å². The van der Waals surface area contributed by atoms with Gasteiger partial charge in [0, 0.05) is 50.4 Å². The van der Waals surface area contributed by atoms with Crippen LogP contribution in [0.3, 0.4) is 0 Å². The Kier molecular flexibility index (Phi) is 9.30. The van der Waals surface area contributed by atoms with Crippen LogP contribution < -0.4 is 10.1 Å². The number of aromatic nitrogens is 3. The van der Waals surface area contributed by atoms with Crippen LogP contribution in [0.1, 0.15) is 36.7 Å². The summed E-state index contributed by atoms with van der Waals surface area (Å²) in [4.78, 5) is 11.3. The van der Waals surface area contributed by atoms with Gasteiger partial charge in [-0.05, 0) is 30.2 Å². The van der Waals surface area contributed by atoms with E-state index in [9.17, 15) is 0 Å². The third-order valence-corrected chi connectivity index (χ3v) is 5.72. The van der Waals surface area contributed by atoms with Gasteiger partial charge in [-0.2, -0.15) is 5.10 Å². The number of benzene rings is 1. The standard InChI is InChI=1S/C22H30N6OS.HI/c1-15(2)20-17(13-28(5)26-20)12-27(4)22(23-3)24-11-18-14-30-21(25-18)16-7-9-19(29-6)10-8-16;/h7-10,13-15H,11-12H2,1-6H3,(H,23,24);1H. The van der Waals surface area contributed by atoms with Gasteiger partial charge < -0.3 is 15.0 Å². The fourth-order valence-corrected chi connectivity index (χ4v) is 4.13. The molecule has 0 saturated carbocycles. The van der Waals surface area contributed by atoms with Crippen molar-refractivity contribution in [1.29, 1.82) is 0 Å². The van der Waals surface area contributed by atoms with Crippen molar-refractivity contribution in [1.82, 2.24) is 25.0 Å². The highest BCUT2D eigenvalue weighted by Gasteiger charge is 2.15. The lowest BCUT2D eigenvalue weighted by atomic mass is 10.1. The lowest BCUT2D eigenvalue weighted by Crippen LogP contribution is -2.38. The third kappa shape index (κ3) is 6.42. The van der Waals surface area contributed by atoms with Crippen LogP contribution in [-0.4, -0.2) is 46.8 Å². The highest BCUT2D eigenvalue weighted by molar-refractivity contribution is 14.0. The summed E-state index contributed by atoms with van der Waals surface area (Å²) in [6, 6.07) is 7.97. The van der Waals surface area contributed by atoms with Crippen LogP contribution in [0.2, 0.25) is 0 Å². The van der Waals surface area contributed by atoms with Crippen LogP contribution >= 0.6 is 35.3 Å². The van der Waals surface area contributed by atoms with E-state index in [-0.39, 0.29) is 24.0 Å². The maximum Gasteiger partial charge on any atom is 0.194 e. The van der Waals surface area contributed by atoms with Crippen molar-refractivity contribution >= 4 is 41.3 Å². The number of aliphatic imine (C=N–C) groups is 1. The Morgan fingerprint density at radius 2 is 2.00 bits per heavy atom. The molecule has 0 aliphatic rings. The molecule has 2 aromatic heterocycles. The number of nitrogens with one attached hydrogen (secondary N) is 1. The Morgan fingerprint density at radius 3 is 2.61 bits per heavy atom. The van der Waals surface area contributed by atoms with Crippen molar-refractivity contribution in [3.8, 4) is 16.3 Å². The number of ether oxygens (including phenoxy) is 1. The maximum absolute atomic E-state index is 5.22. The van der Waals surface area contributed by atoms with Gasteiger partial charge in [0.25, 0.3) is 0 Å². The monoisotopic (exact) mass is 554 g/mol. The molecule has 0 atom stereocenters. The van der Waals surface area contributed by atoms with Gasteiger partial charge in [-0.3, -0.25) is 9.67 Å². The second-order valence-corrected chi connectivity index (χ2v) is 8.36. The molecule has 0 aliphatic heterocycles. The fourth-order valence-electron chi connectivity index (χ4n) is 3.30. The molecule has 0 radical (unpaired) electrons. The molecule has 0 amide bonds. The molecule has 0 unspecified atom stereocenters. The van der Waals surface area contributed by atoms with Crippen molar-refractivity contribution in [3.05, 3.63) is 52.8 Å². The Hall–Kier alpha value is -2.14. The smallest absolute Gasteiger partial charge is 0.194 e. The number of methoxy groups -OCH3 is 1. The van der Waals surface area contributed by atoms with Gasteiger partial charge >= 0.3 is 0 Å². The highest BCUT2D eigenvalue weighted by atomic mass is 127. The molecule has 1 aromatic carbocycles. The van der Waals surface area contributed by atoms with Crippen molar-refractivity contribution in [2.45, 2.75) is 32.9 Å². The molecule has 0 fully saturated rings. The average Bonchev–Trinajstić information content (AvgIpc) is 3.35. The average molecular weight is 555 g/mol. The van der Waals surface area contributed by atoms with E-state index in [4.69, 9.17) is 9.72 Å². The van der Waals surface area contributed by atoms with Gasteiger partial charge in [0.2, 0.25) is 0 Å². The summed E-state index contributed by atoms with van der Waals surface area (Å²) in [7, 11) is 7.47. The summed E-state index contributed by atoms with van der Waals surface area (Å²) < 4.78 is 7.10. The largest absolute Gasteiger partial charge is 0.497 e. The van der Waals surface area contributed by atoms with E-state index >= 15 is 0 Å². The maximum atomic E-state index is 5.22. The summed E-state index contributed by atoms with van der Waals surface area (Å²) >= 11 is 1.64. The van der Waals surface area contributed by atoms with Crippen LogP contribution in [0.15, 0.2) is 40.8 Å². The SMILES string of the molecule is CN=C(NCc1csc(-c2ccc(OC)cc2)n1)N(C)Cc1cn(C)nc1C(C)C.I. The van der Waals surface area contributed by atoms with Crippen molar-refractivity contribution < 1.29 is 4.74 Å². The molecule has 0 spiro atoms. The number of guanidine groups is 1. The molecule has 9 heteroatoms. The Morgan fingerprint density at radius 1 is 1.29 bits per heavy atom. The minimum Gasteiger partial charge on any atom is -0.497 e. The van der Waals surface area contributed by atoms with Crippen molar-refractivity contribution in [2.24, 2.45) is 12.0 Å². The van der Waals surface area contributed by atoms with Gasteiger partial charge in [0.05, 0.1) is 25.0 Å². The van der Waals surface area contributed by atoms with E-state index in [1.807, 2.05) is 43.0 Å². The third-order valence-electron chi connectivity index (χ3n) is 4.78. The summed E-state index contributed by atoms with van der Waals surface area (Å²) in [5, 5.41) is 11.1. The number of hydrogen-bond acceptors (Lipinski definition) is 5. The summed E-state index contributed by atoms with van der Waals surface area (Å²) in [5.74, 6) is 2.06. The number of rotatable bonds is 7. The molecule has 3 rings (SSSR count). The zero-order chi connectivity index (χ0) is 21.7. The first kappa shape index (κ1) is 25.1. The fraction of sp³-hybridized carbons (Fsp3) is 0.409. The second kappa shape index (κ2) is 11.5. The van der Waals surface area contributed by atoms with Gasteiger partial charge in [0.1, 0.15) is 10.8 Å². The van der Waals surface area contributed by atoms with Gasteiger partial charge in [-0.1, -0.05) is 13.8 Å². The van der Waals surface area contributed by atoms with Crippen LogP contribution in [0.4, 0.5) is 0 Å². The molecule has 3 aromatic rings. The number of halogens is 1. The molecular weight excluding hydrogens is 523 g/mol. The van der Waals surface area contributed by atoms with E-state index in [0.717, 1.165) is 40.2 Å². The van der Waals surface area contributed by atoms with E-state index in [0.29, 0.717) is 12.5 Å². The lowest BCUT2D eigenvalue weighted by Gasteiger charge is -2.22.